The molecule has 2 heterocycles. The Morgan fingerprint density at radius 3 is 2.38 bits per heavy atom. The maximum Gasteiger partial charge on any atom is 0.163 e. The summed E-state index contributed by atoms with van der Waals surface area (Å²) in [6.07, 6.45) is 1.99. The molecule has 0 unspecified atom stereocenters. The highest BCUT2D eigenvalue weighted by atomic mass is 32.1. The third-order valence-corrected chi connectivity index (χ3v) is 5.55. The predicted molar refractivity (Wildman–Crippen MR) is 111 cm³/mol. The van der Waals surface area contributed by atoms with Crippen LogP contribution in [0.25, 0.3) is 21.6 Å². The lowest BCUT2D eigenvalue weighted by Crippen LogP contribution is -2.07. The fourth-order valence-corrected chi connectivity index (χ4v) is 3.93. The van der Waals surface area contributed by atoms with Gasteiger partial charge in [-0.15, -0.1) is 11.3 Å². The number of benzene rings is 2. The quantitative estimate of drug-likeness (QED) is 0.489. The van der Waals surface area contributed by atoms with Gasteiger partial charge in [-0.25, -0.2) is 9.97 Å². The first kappa shape index (κ1) is 16.7. The smallest absolute Gasteiger partial charge is 0.163 e. The van der Waals surface area contributed by atoms with Crippen LogP contribution in [0.2, 0.25) is 0 Å². The molecule has 0 fully saturated rings. The summed E-state index contributed by atoms with van der Waals surface area (Å²) in [4.78, 5) is 12.0. The molecule has 0 aliphatic heterocycles. The van der Waals surface area contributed by atoms with Crippen molar-refractivity contribution >= 4 is 27.4 Å². The lowest BCUT2D eigenvalue weighted by Gasteiger charge is -2.09. The molecule has 26 heavy (non-hydrogen) atoms. The Morgan fingerprint density at radius 1 is 0.923 bits per heavy atom. The van der Waals surface area contributed by atoms with Gasteiger partial charge in [0.25, 0.3) is 0 Å². The van der Waals surface area contributed by atoms with Crippen LogP contribution in [0.15, 0.2) is 66.7 Å². The molecular formula is C22H21N3S. The van der Waals surface area contributed by atoms with Crippen LogP contribution < -0.4 is 5.32 Å². The standard InChI is InChI=1S/C22H21N3S/c1-2-18-15-19-21(23-14-13-16-9-5-3-6-10-16)24-20(25-22(19)26-18)17-11-7-4-8-12-17/h3-12,15H,2,13-14H2,1H3,(H,23,24,25). The van der Waals surface area contributed by atoms with Gasteiger partial charge in [0.05, 0.1) is 5.39 Å². The summed E-state index contributed by atoms with van der Waals surface area (Å²) in [6.45, 7) is 3.03. The molecule has 1 N–H and O–H groups in total. The maximum absolute atomic E-state index is 4.83. The van der Waals surface area contributed by atoms with Crippen LogP contribution in [0.4, 0.5) is 5.82 Å². The van der Waals surface area contributed by atoms with Gasteiger partial charge in [-0.3, -0.25) is 0 Å². The van der Waals surface area contributed by atoms with Crippen molar-refractivity contribution in [3.63, 3.8) is 0 Å². The second-order valence-corrected chi connectivity index (χ2v) is 7.32. The van der Waals surface area contributed by atoms with Gasteiger partial charge in [-0.05, 0) is 24.5 Å². The summed E-state index contributed by atoms with van der Waals surface area (Å²) < 4.78 is 0. The average molecular weight is 359 g/mol. The second kappa shape index (κ2) is 7.67. The molecule has 0 radical (unpaired) electrons. The molecule has 0 bridgehead atoms. The van der Waals surface area contributed by atoms with E-state index in [9.17, 15) is 0 Å². The van der Waals surface area contributed by atoms with Crippen molar-refractivity contribution in [2.75, 3.05) is 11.9 Å². The summed E-state index contributed by atoms with van der Waals surface area (Å²) in [7, 11) is 0. The first-order chi connectivity index (χ1) is 12.8. The summed E-state index contributed by atoms with van der Waals surface area (Å²) >= 11 is 1.76. The zero-order valence-corrected chi connectivity index (χ0v) is 15.6. The Labute approximate surface area is 157 Å². The molecular weight excluding hydrogens is 338 g/mol. The number of thiophene rings is 1. The van der Waals surface area contributed by atoms with Gasteiger partial charge in [0.1, 0.15) is 10.6 Å². The third-order valence-electron chi connectivity index (χ3n) is 4.37. The summed E-state index contributed by atoms with van der Waals surface area (Å²) in [6, 6.07) is 22.9. The van der Waals surface area contributed by atoms with Crippen LogP contribution in [-0.4, -0.2) is 16.5 Å². The van der Waals surface area contributed by atoms with Crippen LogP contribution in [-0.2, 0) is 12.8 Å². The monoisotopic (exact) mass is 359 g/mol. The highest BCUT2D eigenvalue weighted by Crippen LogP contribution is 2.31. The number of hydrogen-bond acceptors (Lipinski definition) is 4. The largest absolute Gasteiger partial charge is 0.369 e. The molecule has 2 aromatic carbocycles. The number of aryl methyl sites for hydroxylation is 1. The molecule has 4 aromatic rings. The average Bonchev–Trinajstić information content (AvgIpc) is 3.13. The van der Waals surface area contributed by atoms with Crippen molar-refractivity contribution in [2.45, 2.75) is 19.8 Å². The molecule has 0 aliphatic carbocycles. The highest BCUT2D eigenvalue weighted by Gasteiger charge is 2.12. The van der Waals surface area contributed by atoms with E-state index in [2.05, 4.69) is 60.8 Å². The number of nitrogens with zero attached hydrogens (tertiary/aromatic N) is 2. The molecule has 0 saturated carbocycles. The van der Waals surface area contributed by atoms with Crippen molar-refractivity contribution in [1.82, 2.24) is 9.97 Å². The molecule has 0 saturated heterocycles. The van der Waals surface area contributed by atoms with Crippen molar-refractivity contribution in [2.24, 2.45) is 0 Å². The first-order valence-corrected chi connectivity index (χ1v) is 9.79. The van der Waals surface area contributed by atoms with Gasteiger partial charge < -0.3 is 5.32 Å². The topological polar surface area (TPSA) is 37.8 Å². The van der Waals surface area contributed by atoms with E-state index in [1.807, 2.05) is 18.2 Å². The van der Waals surface area contributed by atoms with Crippen LogP contribution in [0.3, 0.4) is 0 Å². The van der Waals surface area contributed by atoms with E-state index in [0.29, 0.717) is 0 Å². The number of fused-ring (bicyclic) bond motifs is 1. The van der Waals surface area contributed by atoms with Gasteiger partial charge in [-0.1, -0.05) is 67.6 Å². The molecule has 0 amide bonds. The zero-order chi connectivity index (χ0) is 17.8. The number of hydrogen-bond donors (Lipinski definition) is 1. The lowest BCUT2D eigenvalue weighted by molar-refractivity contribution is 1.01. The minimum absolute atomic E-state index is 0.782. The third kappa shape index (κ3) is 3.60. The number of rotatable bonds is 6. The van der Waals surface area contributed by atoms with Crippen molar-refractivity contribution in [1.29, 1.82) is 0 Å². The minimum Gasteiger partial charge on any atom is -0.369 e. The second-order valence-electron chi connectivity index (χ2n) is 6.21. The van der Waals surface area contributed by atoms with Gasteiger partial charge in [0, 0.05) is 17.0 Å². The minimum atomic E-state index is 0.782. The zero-order valence-electron chi connectivity index (χ0n) is 14.8. The van der Waals surface area contributed by atoms with E-state index in [1.165, 1.54) is 10.4 Å². The summed E-state index contributed by atoms with van der Waals surface area (Å²) in [5.74, 6) is 1.71. The summed E-state index contributed by atoms with van der Waals surface area (Å²) in [5, 5.41) is 4.66. The van der Waals surface area contributed by atoms with Crippen LogP contribution in [0, 0.1) is 0 Å². The Morgan fingerprint density at radius 2 is 1.65 bits per heavy atom. The van der Waals surface area contributed by atoms with E-state index < -0.39 is 0 Å². The van der Waals surface area contributed by atoms with Crippen molar-refractivity contribution in [3.8, 4) is 11.4 Å². The molecule has 4 heteroatoms. The maximum atomic E-state index is 4.83. The molecule has 0 aliphatic rings. The van der Waals surface area contributed by atoms with Crippen molar-refractivity contribution in [3.05, 3.63) is 77.2 Å². The van der Waals surface area contributed by atoms with Gasteiger partial charge in [-0.2, -0.15) is 0 Å². The Kier molecular flexibility index (Phi) is 4.93. The fourth-order valence-electron chi connectivity index (χ4n) is 2.97. The van der Waals surface area contributed by atoms with Gasteiger partial charge >= 0.3 is 0 Å². The number of nitrogens with one attached hydrogen (secondary N) is 1. The van der Waals surface area contributed by atoms with E-state index in [4.69, 9.17) is 9.97 Å². The van der Waals surface area contributed by atoms with Crippen molar-refractivity contribution < 1.29 is 0 Å². The van der Waals surface area contributed by atoms with E-state index in [0.717, 1.165) is 46.8 Å². The number of anilines is 1. The molecule has 4 rings (SSSR count). The molecule has 2 aromatic heterocycles. The van der Waals surface area contributed by atoms with Crippen LogP contribution in [0.5, 0.6) is 0 Å². The van der Waals surface area contributed by atoms with E-state index >= 15 is 0 Å². The van der Waals surface area contributed by atoms with Gasteiger partial charge in [0.15, 0.2) is 5.82 Å². The van der Waals surface area contributed by atoms with E-state index in [-0.39, 0.29) is 0 Å². The molecule has 3 nitrogen and oxygen atoms in total. The Hall–Kier alpha value is -2.72. The van der Waals surface area contributed by atoms with E-state index in [1.54, 1.807) is 11.3 Å². The Bertz CT molecular complexity index is 994. The van der Waals surface area contributed by atoms with Crippen LogP contribution >= 0.6 is 11.3 Å². The van der Waals surface area contributed by atoms with Crippen LogP contribution in [0.1, 0.15) is 17.4 Å². The number of aromatic nitrogens is 2. The highest BCUT2D eigenvalue weighted by molar-refractivity contribution is 7.18. The summed E-state index contributed by atoms with van der Waals surface area (Å²) in [5.41, 5.74) is 2.38. The molecule has 0 atom stereocenters. The van der Waals surface area contributed by atoms with Gasteiger partial charge in [0.2, 0.25) is 0 Å². The normalized spacial score (nSPS) is 11.0. The SMILES string of the molecule is CCc1cc2c(NCCc3ccccc3)nc(-c3ccccc3)nc2s1. The first-order valence-electron chi connectivity index (χ1n) is 8.97. The lowest BCUT2D eigenvalue weighted by atomic mass is 10.1. The fraction of sp³-hybridized carbons (Fsp3) is 0.182. The Balaban J connectivity index is 1.65. The molecule has 0 spiro atoms. The molecule has 130 valence electrons. The predicted octanol–water partition coefficient (Wildman–Crippen LogP) is 5.58.